The third-order valence-electron chi connectivity index (χ3n) is 3.48. The molecule has 0 saturated carbocycles. The number of benzene rings is 1. The molecule has 0 aliphatic carbocycles. The molecule has 0 fully saturated rings. The summed E-state index contributed by atoms with van der Waals surface area (Å²) in [7, 11) is -3.38. The van der Waals surface area contributed by atoms with E-state index in [2.05, 4.69) is 10.1 Å². The number of carboxylic acids is 1. The average Bonchev–Trinajstić information content (AvgIpc) is 3.05. The van der Waals surface area contributed by atoms with Crippen molar-refractivity contribution in [3.63, 3.8) is 0 Å². The van der Waals surface area contributed by atoms with Crippen LogP contribution in [-0.4, -0.2) is 40.5 Å². The highest BCUT2D eigenvalue weighted by atomic mass is 32.2. The van der Waals surface area contributed by atoms with Gasteiger partial charge in [0.25, 0.3) is 0 Å². The number of hydrogen-bond acceptors (Lipinski definition) is 5. The second-order valence-corrected chi connectivity index (χ2v) is 7.15. The zero-order valence-electron chi connectivity index (χ0n) is 12.6. The highest BCUT2D eigenvalue weighted by Gasteiger charge is 2.17. The van der Waals surface area contributed by atoms with Crippen LogP contribution in [0, 0.1) is 0 Å². The maximum Gasteiger partial charge on any atom is 0.336 e. The van der Waals surface area contributed by atoms with Gasteiger partial charge in [0, 0.05) is 36.0 Å². The Morgan fingerprint density at radius 1 is 1.12 bits per heavy atom. The van der Waals surface area contributed by atoms with Gasteiger partial charge in [-0.05, 0) is 12.1 Å². The molecule has 1 aromatic carbocycles. The molecule has 24 heavy (non-hydrogen) atoms. The molecule has 7 nitrogen and oxygen atoms in total. The van der Waals surface area contributed by atoms with Gasteiger partial charge in [0.2, 0.25) is 0 Å². The normalized spacial score (nSPS) is 11.4. The molecule has 1 N–H and O–H groups in total. The lowest BCUT2D eigenvalue weighted by Crippen LogP contribution is -2.03. The number of rotatable bonds is 4. The molecule has 3 rings (SSSR count). The van der Waals surface area contributed by atoms with Crippen LogP contribution in [-0.2, 0) is 9.84 Å². The second kappa shape index (κ2) is 5.89. The molecule has 2 heterocycles. The van der Waals surface area contributed by atoms with Crippen LogP contribution in [0.15, 0.2) is 60.0 Å². The van der Waals surface area contributed by atoms with E-state index in [0.29, 0.717) is 16.8 Å². The first-order valence-electron chi connectivity index (χ1n) is 6.90. The first-order chi connectivity index (χ1) is 11.4. The maximum absolute atomic E-state index is 11.6. The molecule has 0 spiro atoms. The molecular weight excluding hydrogens is 330 g/mol. The van der Waals surface area contributed by atoms with Gasteiger partial charge in [-0.15, -0.1) is 0 Å². The number of sulfone groups is 1. The Bertz CT molecular complexity index is 1030. The molecule has 0 saturated heterocycles. The Morgan fingerprint density at radius 2 is 1.88 bits per heavy atom. The standard InChI is InChI=1S/C16H13N3O4S/c1-24(22,23)11-8-18-19(10-11)15-5-3-2-4-12(15)14-9-17-7-6-13(14)16(20)21/h2-10H,1H3,(H,20,21). The second-order valence-electron chi connectivity index (χ2n) is 5.14. The number of carboxylic acid groups (broad SMARTS) is 1. The number of hydrogen-bond donors (Lipinski definition) is 1. The van der Waals surface area contributed by atoms with Crippen LogP contribution in [0.2, 0.25) is 0 Å². The molecule has 3 aromatic rings. The predicted octanol–water partition coefficient (Wildman–Crippen LogP) is 2.04. The minimum Gasteiger partial charge on any atom is -0.478 e. The Kier molecular flexibility index (Phi) is 3.90. The fourth-order valence-corrected chi connectivity index (χ4v) is 2.86. The summed E-state index contributed by atoms with van der Waals surface area (Å²) in [6.07, 6.45) is 6.62. The van der Waals surface area contributed by atoms with Crippen LogP contribution in [0.4, 0.5) is 0 Å². The minimum atomic E-state index is -3.38. The molecule has 2 aromatic heterocycles. The van der Waals surface area contributed by atoms with Gasteiger partial charge >= 0.3 is 5.97 Å². The SMILES string of the molecule is CS(=O)(=O)c1cnn(-c2ccccc2-c2cnccc2C(=O)O)c1. The molecule has 0 atom stereocenters. The molecule has 0 amide bonds. The van der Waals surface area contributed by atoms with Crippen molar-refractivity contribution in [2.24, 2.45) is 0 Å². The topological polar surface area (TPSA) is 102 Å². The first kappa shape index (κ1) is 15.9. The van der Waals surface area contributed by atoms with Crippen LogP contribution in [0.3, 0.4) is 0 Å². The Balaban J connectivity index is 2.20. The molecule has 0 unspecified atom stereocenters. The predicted molar refractivity (Wildman–Crippen MR) is 86.9 cm³/mol. The van der Waals surface area contributed by atoms with E-state index in [1.165, 1.54) is 35.5 Å². The fraction of sp³-hybridized carbons (Fsp3) is 0.0625. The molecule has 0 bridgehead atoms. The Morgan fingerprint density at radius 3 is 2.54 bits per heavy atom. The van der Waals surface area contributed by atoms with Crippen molar-refractivity contribution in [3.8, 4) is 16.8 Å². The number of pyridine rings is 1. The van der Waals surface area contributed by atoms with Gasteiger partial charge in [0.1, 0.15) is 4.90 Å². The van der Waals surface area contributed by atoms with E-state index < -0.39 is 15.8 Å². The van der Waals surface area contributed by atoms with Crippen molar-refractivity contribution < 1.29 is 18.3 Å². The first-order valence-corrected chi connectivity index (χ1v) is 8.79. The zero-order valence-corrected chi connectivity index (χ0v) is 13.4. The van der Waals surface area contributed by atoms with E-state index in [-0.39, 0.29) is 10.5 Å². The van der Waals surface area contributed by atoms with Crippen molar-refractivity contribution in [1.82, 2.24) is 14.8 Å². The monoisotopic (exact) mass is 343 g/mol. The molecule has 8 heteroatoms. The molecule has 122 valence electrons. The summed E-state index contributed by atoms with van der Waals surface area (Å²) in [5.41, 5.74) is 1.68. The highest BCUT2D eigenvalue weighted by molar-refractivity contribution is 7.90. The van der Waals surface area contributed by atoms with Crippen molar-refractivity contribution in [2.45, 2.75) is 4.90 Å². The van der Waals surface area contributed by atoms with Gasteiger partial charge in [0.05, 0.1) is 17.4 Å². The van der Waals surface area contributed by atoms with E-state index in [9.17, 15) is 18.3 Å². The zero-order chi connectivity index (χ0) is 17.3. The maximum atomic E-state index is 11.6. The number of nitrogens with zero attached hydrogens (tertiary/aromatic N) is 3. The Labute approximate surface area is 138 Å². The van der Waals surface area contributed by atoms with Gasteiger partial charge in [-0.1, -0.05) is 18.2 Å². The van der Waals surface area contributed by atoms with Gasteiger partial charge < -0.3 is 5.11 Å². The summed E-state index contributed by atoms with van der Waals surface area (Å²) < 4.78 is 24.7. The van der Waals surface area contributed by atoms with Crippen molar-refractivity contribution in [3.05, 3.63) is 60.7 Å². The summed E-state index contributed by atoms with van der Waals surface area (Å²) in [5.74, 6) is -1.07. The lowest BCUT2D eigenvalue weighted by Gasteiger charge is -2.11. The van der Waals surface area contributed by atoms with Crippen LogP contribution < -0.4 is 0 Å². The van der Waals surface area contributed by atoms with Crippen LogP contribution >= 0.6 is 0 Å². The molecule has 0 aliphatic heterocycles. The quantitative estimate of drug-likeness (QED) is 0.778. The third kappa shape index (κ3) is 2.91. The van der Waals surface area contributed by atoms with Gasteiger partial charge in [-0.25, -0.2) is 17.9 Å². The van der Waals surface area contributed by atoms with E-state index >= 15 is 0 Å². The third-order valence-corrected chi connectivity index (χ3v) is 4.55. The van der Waals surface area contributed by atoms with E-state index in [1.807, 2.05) is 0 Å². The summed E-state index contributed by atoms with van der Waals surface area (Å²) in [6.45, 7) is 0. The van der Waals surface area contributed by atoms with E-state index in [1.54, 1.807) is 24.3 Å². The summed E-state index contributed by atoms with van der Waals surface area (Å²) in [4.78, 5) is 15.5. The number of para-hydroxylation sites is 1. The smallest absolute Gasteiger partial charge is 0.336 e. The Hall–Kier alpha value is -3.00. The number of aromatic nitrogens is 3. The van der Waals surface area contributed by atoms with Crippen molar-refractivity contribution in [1.29, 1.82) is 0 Å². The summed E-state index contributed by atoms with van der Waals surface area (Å²) >= 11 is 0. The lowest BCUT2D eigenvalue weighted by molar-refractivity contribution is 0.0697. The number of aromatic carboxylic acids is 1. The van der Waals surface area contributed by atoms with E-state index in [0.717, 1.165) is 6.26 Å². The highest BCUT2D eigenvalue weighted by Crippen LogP contribution is 2.29. The van der Waals surface area contributed by atoms with Crippen molar-refractivity contribution >= 4 is 15.8 Å². The lowest BCUT2D eigenvalue weighted by atomic mass is 10.0. The van der Waals surface area contributed by atoms with Crippen LogP contribution in [0.25, 0.3) is 16.8 Å². The largest absolute Gasteiger partial charge is 0.478 e. The van der Waals surface area contributed by atoms with Gasteiger partial charge in [0.15, 0.2) is 9.84 Å². The molecule has 0 aliphatic rings. The van der Waals surface area contributed by atoms with Gasteiger partial charge in [-0.2, -0.15) is 5.10 Å². The summed E-state index contributed by atoms with van der Waals surface area (Å²) in [5, 5.41) is 13.5. The van der Waals surface area contributed by atoms with Crippen molar-refractivity contribution in [2.75, 3.05) is 6.26 Å². The summed E-state index contributed by atoms with van der Waals surface area (Å²) in [6, 6.07) is 8.41. The fourth-order valence-electron chi connectivity index (χ4n) is 2.33. The molecule has 0 radical (unpaired) electrons. The minimum absolute atomic E-state index is 0.0851. The van der Waals surface area contributed by atoms with Crippen LogP contribution in [0.1, 0.15) is 10.4 Å². The molecular formula is C16H13N3O4S. The average molecular weight is 343 g/mol. The van der Waals surface area contributed by atoms with E-state index in [4.69, 9.17) is 0 Å². The number of carbonyl (C=O) groups is 1. The van der Waals surface area contributed by atoms with Gasteiger partial charge in [-0.3, -0.25) is 4.98 Å². The van der Waals surface area contributed by atoms with Crippen LogP contribution in [0.5, 0.6) is 0 Å².